The number of nitrogens with zero attached hydrogens (tertiary/aromatic N) is 4. The normalized spacial score (nSPS) is 16.9. The highest BCUT2D eigenvalue weighted by Crippen LogP contribution is 2.24. The van der Waals surface area contributed by atoms with Gasteiger partial charge in [0.2, 0.25) is 0 Å². The SMILES string of the molecule is CC(C)CN1CC=C(n2ccc3c(N)ncnc32)CC1. The van der Waals surface area contributed by atoms with E-state index in [9.17, 15) is 0 Å². The second-order valence-corrected chi connectivity index (χ2v) is 5.78. The molecule has 0 fully saturated rings. The molecule has 0 unspecified atom stereocenters. The first-order valence-electron chi connectivity index (χ1n) is 7.14. The summed E-state index contributed by atoms with van der Waals surface area (Å²) in [6.45, 7) is 7.79. The fraction of sp³-hybridized carbons (Fsp3) is 0.467. The summed E-state index contributed by atoms with van der Waals surface area (Å²) in [6, 6.07) is 1.99. The molecule has 0 amide bonds. The lowest BCUT2D eigenvalue weighted by Crippen LogP contribution is -2.32. The standard InChI is InChI=1S/C15H21N5/c1-11(2)9-19-6-3-12(4-7-19)20-8-5-13-14(16)17-10-18-15(13)20/h3,5,8,10-11H,4,6-7,9H2,1-2H3,(H2,16,17,18). The number of aromatic nitrogens is 3. The van der Waals surface area contributed by atoms with Crippen LogP contribution in [0.25, 0.3) is 16.7 Å². The molecule has 2 aromatic heterocycles. The summed E-state index contributed by atoms with van der Waals surface area (Å²) < 4.78 is 2.14. The lowest BCUT2D eigenvalue weighted by molar-refractivity contribution is 0.266. The van der Waals surface area contributed by atoms with E-state index in [0.717, 1.165) is 37.1 Å². The van der Waals surface area contributed by atoms with E-state index in [4.69, 9.17) is 5.73 Å². The van der Waals surface area contributed by atoms with Crippen LogP contribution in [0.3, 0.4) is 0 Å². The molecule has 2 aromatic rings. The number of hydrogen-bond donors (Lipinski definition) is 1. The fourth-order valence-corrected chi connectivity index (χ4v) is 2.80. The summed E-state index contributed by atoms with van der Waals surface area (Å²) in [5.41, 5.74) is 8.09. The average Bonchev–Trinajstić information content (AvgIpc) is 2.84. The van der Waals surface area contributed by atoms with E-state index < -0.39 is 0 Å². The molecule has 0 radical (unpaired) electrons. The Morgan fingerprint density at radius 3 is 2.90 bits per heavy atom. The molecule has 0 aliphatic carbocycles. The second kappa shape index (κ2) is 5.25. The van der Waals surface area contributed by atoms with E-state index in [1.807, 2.05) is 12.3 Å². The van der Waals surface area contributed by atoms with Crippen LogP contribution in [0.4, 0.5) is 5.82 Å². The Morgan fingerprint density at radius 1 is 1.35 bits per heavy atom. The summed E-state index contributed by atoms with van der Waals surface area (Å²) in [7, 11) is 0. The van der Waals surface area contributed by atoms with Crippen LogP contribution in [-0.4, -0.2) is 39.1 Å². The van der Waals surface area contributed by atoms with E-state index in [0.29, 0.717) is 11.7 Å². The summed E-state index contributed by atoms with van der Waals surface area (Å²) in [5.74, 6) is 1.26. The van der Waals surface area contributed by atoms with Crippen LogP contribution in [0.1, 0.15) is 20.3 Å². The third-order valence-corrected chi connectivity index (χ3v) is 3.71. The second-order valence-electron chi connectivity index (χ2n) is 5.78. The predicted molar refractivity (Wildman–Crippen MR) is 82.1 cm³/mol. The Balaban J connectivity index is 1.86. The molecule has 0 spiro atoms. The van der Waals surface area contributed by atoms with Crippen molar-refractivity contribution in [2.45, 2.75) is 20.3 Å². The summed E-state index contributed by atoms with van der Waals surface area (Å²) in [6.07, 6.45) is 6.91. The molecule has 0 bridgehead atoms. The molecule has 0 atom stereocenters. The zero-order valence-corrected chi connectivity index (χ0v) is 12.1. The minimum absolute atomic E-state index is 0.548. The van der Waals surface area contributed by atoms with Gasteiger partial charge < -0.3 is 10.3 Å². The van der Waals surface area contributed by atoms with Gasteiger partial charge >= 0.3 is 0 Å². The van der Waals surface area contributed by atoms with Gasteiger partial charge in [0.05, 0.1) is 5.39 Å². The number of fused-ring (bicyclic) bond motifs is 1. The quantitative estimate of drug-likeness (QED) is 0.930. The molecule has 0 saturated heterocycles. The van der Waals surface area contributed by atoms with E-state index in [1.54, 1.807) is 0 Å². The highest BCUT2D eigenvalue weighted by atomic mass is 15.1. The van der Waals surface area contributed by atoms with Gasteiger partial charge in [-0.25, -0.2) is 9.97 Å². The molecule has 0 saturated carbocycles. The third kappa shape index (κ3) is 2.41. The maximum Gasteiger partial charge on any atom is 0.149 e. The van der Waals surface area contributed by atoms with Crippen LogP contribution in [0.15, 0.2) is 24.7 Å². The van der Waals surface area contributed by atoms with Gasteiger partial charge in [0.25, 0.3) is 0 Å². The minimum Gasteiger partial charge on any atom is -0.383 e. The lowest BCUT2D eigenvalue weighted by Gasteiger charge is -2.28. The van der Waals surface area contributed by atoms with E-state index in [2.05, 4.69) is 39.4 Å². The monoisotopic (exact) mass is 271 g/mol. The Labute approximate surface area is 119 Å². The predicted octanol–water partition coefficient (Wildman–Crippen LogP) is 2.22. The van der Waals surface area contributed by atoms with Crippen LogP contribution < -0.4 is 5.73 Å². The van der Waals surface area contributed by atoms with E-state index >= 15 is 0 Å². The van der Waals surface area contributed by atoms with Gasteiger partial charge in [-0.05, 0) is 12.0 Å². The molecule has 2 N–H and O–H groups in total. The van der Waals surface area contributed by atoms with E-state index in [-0.39, 0.29) is 0 Å². The molecule has 0 aromatic carbocycles. The molecule has 20 heavy (non-hydrogen) atoms. The Bertz CT molecular complexity index is 641. The first-order chi connectivity index (χ1) is 9.65. The van der Waals surface area contributed by atoms with Crippen molar-refractivity contribution >= 4 is 22.5 Å². The van der Waals surface area contributed by atoms with Gasteiger partial charge in [-0.2, -0.15) is 0 Å². The van der Waals surface area contributed by atoms with Crippen molar-refractivity contribution in [3.8, 4) is 0 Å². The van der Waals surface area contributed by atoms with Crippen molar-refractivity contribution in [2.75, 3.05) is 25.4 Å². The van der Waals surface area contributed by atoms with Crippen LogP contribution >= 0.6 is 0 Å². The highest BCUT2D eigenvalue weighted by Gasteiger charge is 2.16. The fourth-order valence-electron chi connectivity index (χ4n) is 2.80. The van der Waals surface area contributed by atoms with E-state index in [1.165, 1.54) is 12.0 Å². The van der Waals surface area contributed by atoms with Crippen molar-refractivity contribution in [3.05, 3.63) is 24.7 Å². The molecule has 106 valence electrons. The number of nitrogens with two attached hydrogens (primary N) is 1. The molecular weight excluding hydrogens is 250 g/mol. The number of nitrogen functional groups attached to an aromatic ring is 1. The van der Waals surface area contributed by atoms with Gasteiger partial charge in [-0.3, -0.25) is 4.90 Å². The smallest absolute Gasteiger partial charge is 0.149 e. The Morgan fingerprint density at radius 2 is 2.20 bits per heavy atom. The topological polar surface area (TPSA) is 60.0 Å². The largest absolute Gasteiger partial charge is 0.383 e. The van der Waals surface area contributed by atoms with Gasteiger partial charge in [0.1, 0.15) is 17.8 Å². The summed E-state index contributed by atoms with van der Waals surface area (Å²) in [5, 5.41) is 0.929. The van der Waals surface area contributed by atoms with Crippen LogP contribution in [0, 0.1) is 5.92 Å². The van der Waals surface area contributed by atoms with Gasteiger partial charge in [-0.1, -0.05) is 19.9 Å². The summed E-state index contributed by atoms with van der Waals surface area (Å²) >= 11 is 0. The maximum atomic E-state index is 5.88. The summed E-state index contributed by atoms with van der Waals surface area (Å²) in [4.78, 5) is 10.9. The Kier molecular flexibility index (Phi) is 3.44. The zero-order chi connectivity index (χ0) is 14.1. The number of anilines is 1. The lowest BCUT2D eigenvalue weighted by atomic mass is 10.1. The van der Waals surface area contributed by atoms with Crippen LogP contribution in [0.2, 0.25) is 0 Å². The average molecular weight is 271 g/mol. The molecule has 1 aliphatic rings. The van der Waals surface area contributed by atoms with Crippen molar-refractivity contribution in [3.63, 3.8) is 0 Å². The number of rotatable bonds is 3. The van der Waals surface area contributed by atoms with Crippen molar-refractivity contribution in [1.29, 1.82) is 0 Å². The number of hydrogen-bond acceptors (Lipinski definition) is 4. The van der Waals surface area contributed by atoms with Gasteiger partial charge in [0, 0.05) is 37.9 Å². The highest BCUT2D eigenvalue weighted by molar-refractivity contribution is 5.88. The molecule has 1 aliphatic heterocycles. The Hall–Kier alpha value is -1.88. The molecule has 5 heteroatoms. The molecular formula is C15H21N5. The minimum atomic E-state index is 0.548. The third-order valence-electron chi connectivity index (χ3n) is 3.71. The van der Waals surface area contributed by atoms with Crippen LogP contribution in [0.5, 0.6) is 0 Å². The first-order valence-corrected chi connectivity index (χ1v) is 7.14. The van der Waals surface area contributed by atoms with Crippen molar-refractivity contribution < 1.29 is 0 Å². The first kappa shape index (κ1) is 13.1. The zero-order valence-electron chi connectivity index (χ0n) is 12.1. The molecule has 3 heterocycles. The molecule has 5 nitrogen and oxygen atoms in total. The van der Waals surface area contributed by atoms with Crippen LogP contribution in [-0.2, 0) is 0 Å². The van der Waals surface area contributed by atoms with Gasteiger partial charge in [-0.15, -0.1) is 0 Å². The molecule has 3 rings (SSSR count). The van der Waals surface area contributed by atoms with Crippen molar-refractivity contribution in [1.82, 2.24) is 19.4 Å². The van der Waals surface area contributed by atoms with Gasteiger partial charge in [0.15, 0.2) is 0 Å². The van der Waals surface area contributed by atoms with Crippen molar-refractivity contribution in [2.24, 2.45) is 5.92 Å². The maximum absolute atomic E-state index is 5.88.